The standard InChI is InChI=1S/C9H10F5NO4S/c1-4(16)15-5(8(17)18)2-20-7(11)6(19-3-10)9(12,13)14/h5H,2-3H2,1H3,(H,15,16)(H,17,18)/t5-/m0/s1. The molecule has 0 bridgehead atoms. The van der Waals surface area contributed by atoms with E-state index in [1.54, 1.807) is 0 Å². The van der Waals surface area contributed by atoms with Gasteiger partial charge in [0.25, 0.3) is 0 Å². The van der Waals surface area contributed by atoms with Gasteiger partial charge in [0, 0.05) is 12.7 Å². The van der Waals surface area contributed by atoms with Crippen LogP contribution in [0.5, 0.6) is 0 Å². The zero-order valence-electron chi connectivity index (χ0n) is 9.96. The van der Waals surface area contributed by atoms with Crippen LogP contribution in [0, 0.1) is 0 Å². The monoisotopic (exact) mass is 323 g/mol. The number of thioether (sulfide) groups is 1. The average Bonchev–Trinajstić information content (AvgIpc) is 2.28. The SMILES string of the molecule is CC(=O)N[C@@H](CSC(F)=C(OCF)C(F)(F)F)C(=O)O. The van der Waals surface area contributed by atoms with E-state index in [0.717, 1.165) is 6.92 Å². The van der Waals surface area contributed by atoms with Gasteiger partial charge in [0.05, 0.1) is 0 Å². The van der Waals surface area contributed by atoms with Crippen LogP contribution in [0.15, 0.2) is 10.9 Å². The first kappa shape index (κ1) is 18.5. The van der Waals surface area contributed by atoms with Crippen molar-refractivity contribution >= 4 is 23.6 Å². The van der Waals surface area contributed by atoms with Gasteiger partial charge in [0.15, 0.2) is 0 Å². The quantitative estimate of drug-likeness (QED) is 0.553. The molecule has 2 N–H and O–H groups in total. The molecule has 0 spiro atoms. The summed E-state index contributed by atoms with van der Waals surface area (Å²) in [7, 11) is 0. The van der Waals surface area contributed by atoms with Crippen molar-refractivity contribution in [3.8, 4) is 0 Å². The lowest BCUT2D eigenvalue weighted by Gasteiger charge is -2.14. The van der Waals surface area contributed by atoms with Crippen molar-refractivity contribution in [3.63, 3.8) is 0 Å². The van der Waals surface area contributed by atoms with Gasteiger partial charge in [0.2, 0.25) is 23.7 Å². The number of hydrogen-bond donors (Lipinski definition) is 2. The topological polar surface area (TPSA) is 75.6 Å². The van der Waals surface area contributed by atoms with Crippen LogP contribution in [0.3, 0.4) is 0 Å². The lowest BCUT2D eigenvalue weighted by molar-refractivity contribution is -0.140. The molecule has 20 heavy (non-hydrogen) atoms. The van der Waals surface area contributed by atoms with Crippen molar-refractivity contribution in [2.24, 2.45) is 0 Å². The number of aliphatic carboxylic acids is 1. The maximum atomic E-state index is 13.2. The summed E-state index contributed by atoms with van der Waals surface area (Å²) in [6.07, 6.45) is -5.25. The predicted octanol–water partition coefficient (Wildman–Crippen LogP) is 1.95. The lowest BCUT2D eigenvalue weighted by Crippen LogP contribution is -2.41. The Bertz CT molecular complexity index is 398. The first-order valence-electron chi connectivity index (χ1n) is 4.88. The first-order chi connectivity index (χ1) is 9.09. The second-order valence-corrected chi connectivity index (χ2v) is 4.24. The molecule has 0 aromatic heterocycles. The molecule has 0 aromatic rings. The van der Waals surface area contributed by atoms with E-state index in [1.807, 2.05) is 5.32 Å². The number of carboxylic acid groups (broad SMARTS) is 1. The molecule has 0 saturated carbocycles. The third-order valence-electron chi connectivity index (χ3n) is 1.69. The van der Waals surface area contributed by atoms with Crippen molar-refractivity contribution in [3.05, 3.63) is 10.9 Å². The molecule has 0 rings (SSSR count). The normalized spacial score (nSPS) is 14.3. The fraction of sp³-hybridized carbons (Fsp3) is 0.556. The number of ether oxygens (including phenoxy) is 1. The molecule has 0 aliphatic heterocycles. The van der Waals surface area contributed by atoms with Gasteiger partial charge in [-0.1, -0.05) is 11.8 Å². The summed E-state index contributed by atoms with van der Waals surface area (Å²) in [6.45, 7) is -0.906. The fourth-order valence-corrected chi connectivity index (χ4v) is 1.79. The van der Waals surface area contributed by atoms with Crippen molar-refractivity contribution in [2.45, 2.75) is 19.1 Å². The van der Waals surface area contributed by atoms with Crippen molar-refractivity contribution in [2.75, 3.05) is 12.6 Å². The van der Waals surface area contributed by atoms with Crippen LogP contribution in [0.4, 0.5) is 22.0 Å². The van der Waals surface area contributed by atoms with E-state index in [9.17, 15) is 31.5 Å². The van der Waals surface area contributed by atoms with E-state index >= 15 is 0 Å². The molecule has 0 aromatic carbocycles. The number of halogens is 5. The number of alkyl halides is 4. The van der Waals surface area contributed by atoms with Crippen LogP contribution >= 0.6 is 11.8 Å². The van der Waals surface area contributed by atoms with Crippen LogP contribution in [0.2, 0.25) is 0 Å². The second kappa shape index (κ2) is 7.92. The molecule has 1 amide bonds. The molecule has 1 atom stereocenters. The minimum absolute atomic E-state index is 0.165. The van der Waals surface area contributed by atoms with Gasteiger partial charge >= 0.3 is 12.1 Å². The van der Waals surface area contributed by atoms with E-state index in [0.29, 0.717) is 0 Å². The zero-order valence-corrected chi connectivity index (χ0v) is 10.8. The number of hydrogen-bond acceptors (Lipinski definition) is 4. The Labute approximate surface area is 114 Å². The van der Waals surface area contributed by atoms with Crippen molar-refractivity contribution in [1.82, 2.24) is 5.32 Å². The molecule has 0 aliphatic carbocycles. The van der Waals surface area contributed by atoms with Gasteiger partial charge in [-0.3, -0.25) is 4.79 Å². The van der Waals surface area contributed by atoms with Gasteiger partial charge in [0.1, 0.15) is 6.04 Å². The highest BCUT2D eigenvalue weighted by Crippen LogP contribution is 2.34. The Morgan fingerprint density at radius 2 is 1.95 bits per heavy atom. The smallest absolute Gasteiger partial charge is 0.452 e. The Morgan fingerprint density at radius 3 is 2.30 bits per heavy atom. The number of rotatable bonds is 7. The average molecular weight is 323 g/mol. The maximum absolute atomic E-state index is 13.2. The highest BCUT2D eigenvalue weighted by Gasteiger charge is 2.40. The Balaban J connectivity index is 4.89. The second-order valence-electron chi connectivity index (χ2n) is 3.26. The number of carboxylic acids is 1. The highest BCUT2D eigenvalue weighted by atomic mass is 32.2. The van der Waals surface area contributed by atoms with Gasteiger partial charge in [-0.05, 0) is 0 Å². The number of nitrogens with one attached hydrogen (secondary N) is 1. The predicted molar refractivity (Wildman–Crippen MR) is 58.9 cm³/mol. The highest BCUT2D eigenvalue weighted by molar-refractivity contribution is 8.02. The van der Waals surface area contributed by atoms with Gasteiger partial charge in [-0.25, -0.2) is 9.18 Å². The molecule has 5 nitrogen and oxygen atoms in total. The molecule has 0 heterocycles. The lowest BCUT2D eigenvalue weighted by atomic mass is 10.3. The summed E-state index contributed by atoms with van der Waals surface area (Å²) in [5.74, 6) is -5.22. The molecule has 0 radical (unpaired) electrons. The number of allylic oxidation sites excluding steroid dienone is 1. The molecule has 0 aliphatic rings. The summed E-state index contributed by atoms with van der Waals surface area (Å²) >= 11 is -0.165. The third kappa shape index (κ3) is 6.59. The van der Waals surface area contributed by atoms with E-state index in [1.165, 1.54) is 0 Å². The summed E-state index contributed by atoms with van der Waals surface area (Å²) < 4.78 is 65.3. The summed E-state index contributed by atoms with van der Waals surface area (Å²) in [6, 6.07) is -1.59. The molecule has 11 heteroatoms. The molecule has 0 unspecified atom stereocenters. The fourth-order valence-electron chi connectivity index (χ4n) is 0.947. The maximum Gasteiger partial charge on any atom is 0.452 e. The molecular weight excluding hydrogens is 313 g/mol. The van der Waals surface area contributed by atoms with Crippen molar-refractivity contribution < 1.29 is 41.4 Å². The largest absolute Gasteiger partial charge is 0.480 e. The minimum atomic E-state index is -5.25. The first-order valence-corrected chi connectivity index (χ1v) is 5.86. The number of amides is 1. The van der Waals surface area contributed by atoms with E-state index in [-0.39, 0.29) is 11.8 Å². The van der Waals surface area contributed by atoms with E-state index < -0.39 is 47.6 Å². The van der Waals surface area contributed by atoms with Crippen LogP contribution in [-0.4, -0.2) is 41.8 Å². The Kier molecular flexibility index (Phi) is 7.32. The van der Waals surface area contributed by atoms with Crippen molar-refractivity contribution in [1.29, 1.82) is 0 Å². The summed E-state index contributed by atoms with van der Waals surface area (Å²) in [4.78, 5) is 21.3. The van der Waals surface area contributed by atoms with Gasteiger partial charge in [-0.2, -0.15) is 17.6 Å². The Hall–Kier alpha value is -1.52. The summed E-state index contributed by atoms with van der Waals surface area (Å²) in [5.41, 5.74) is 0. The zero-order chi connectivity index (χ0) is 15.9. The van der Waals surface area contributed by atoms with Gasteiger partial charge in [-0.15, -0.1) is 0 Å². The molecular formula is C9H10F5NO4S. The molecule has 116 valence electrons. The van der Waals surface area contributed by atoms with E-state index in [4.69, 9.17) is 5.11 Å². The van der Waals surface area contributed by atoms with Crippen LogP contribution in [0.1, 0.15) is 6.92 Å². The van der Waals surface area contributed by atoms with Crippen LogP contribution in [0.25, 0.3) is 0 Å². The number of carbonyl (C=O) groups is 2. The molecule has 0 saturated heterocycles. The minimum Gasteiger partial charge on any atom is -0.480 e. The third-order valence-corrected chi connectivity index (χ3v) is 2.63. The summed E-state index contributed by atoms with van der Waals surface area (Å²) in [5, 5.41) is 8.63. The van der Waals surface area contributed by atoms with Crippen LogP contribution in [-0.2, 0) is 14.3 Å². The van der Waals surface area contributed by atoms with E-state index in [2.05, 4.69) is 4.74 Å². The Morgan fingerprint density at radius 1 is 1.40 bits per heavy atom. The van der Waals surface area contributed by atoms with Gasteiger partial charge < -0.3 is 15.2 Å². The number of carbonyl (C=O) groups excluding carboxylic acids is 1. The molecule has 0 fully saturated rings. The van der Waals surface area contributed by atoms with Crippen LogP contribution < -0.4 is 5.32 Å².